The van der Waals surface area contributed by atoms with Crippen molar-refractivity contribution in [1.82, 2.24) is 0 Å². The van der Waals surface area contributed by atoms with Gasteiger partial charge in [0.1, 0.15) is 6.10 Å². The lowest BCUT2D eigenvalue weighted by Crippen LogP contribution is -2.03. The predicted molar refractivity (Wildman–Crippen MR) is 84.2 cm³/mol. The van der Waals surface area contributed by atoms with Crippen LogP contribution in [0.15, 0.2) is 60.7 Å². The van der Waals surface area contributed by atoms with Gasteiger partial charge in [-0.25, -0.2) is 0 Å². The molecule has 0 unspecified atom stereocenters. The number of halogens is 1. The van der Waals surface area contributed by atoms with Crippen molar-refractivity contribution >= 4 is 22.4 Å². The summed E-state index contributed by atoms with van der Waals surface area (Å²) in [5, 5.41) is 13.6. The quantitative estimate of drug-likeness (QED) is 0.710. The minimum absolute atomic E-state index is 0.638. The summed E-state index contributed by atoms with van der Waals surface area (Å²) in [7, 11) is 0. The van der Waals surface area contributed by atoms with E-state index in [-0.39, 0.29) is 0 Å². The normalized spacial score (nSPS) is 12.6. The fraction of sp³-hybridized carbons (Fsp3) is 0.111. The number of hydrogen-bond acceptors (Lipinski definition) is 1. The van der Waals surface area contributed by atoms with Crippen LogP contribution in [-0.4, -0.2) is 5.11 Å². The third kappa shape index (κ3) is 2.31. The van der Waals surface area contributed by atoms with Gasteiger partial charge in [-0.3, -0.25) is 0 Å². The molecular weight excluding hydrogens is 268 g/mol. The predicted octanol–water partition coefficient (Wildman–Crippen LogP) is 4.88. The summed E-state index contributed by atoms with van der Waals surface area (Å²) in [6.07, 6.45) is -0.667. The van der Waals surface area contributed by atoms with E-state index in [1.54, 1.807) is 0 Å². The third-order valence-corrected chi connectivity index (χ3v) is 3.86. The lowest BCUT2D eigenvalue weighted by Gasteiger charge is -2.17. The van der Waals surface area contributed by atoms with Crippen LogP contribution in [0, 0.1) is 6.92 Å². The number of rotatable bonds is 2. The molecule has 0 aromatic heterocycles. The first-order valence-corrected chi connectivity index (χ1v) is 6.96. The van der Waals surface area contributed by atoms with Gasteiger partial charge in [0.25, 0.3) is 0 Å². The summed E-state index contributed by atoms with van der Waals surface area (Å²) >= 11 is 6.02. The summed E-state index contributed by atoms with van der Waals surface area (Å²) in [4.78, 5) is 0. The number of hydrogen-bond donors (Lipinski definition) is 1. The second kappa shape index (κ2) is 5.28. The second-order valence-corrected chi connectivity index (χ2v) is 5.41. The summed E-state index contributed by atoms with van der Waals surface area (Å²) in [5.74, 6) is 0. The molecule has 0 saturated carbocycles. The van der Waals surface area contributed by atoms with E-state index in [1.165, 1.54) is 0 Å². The molecule has 0 radical (unpaired) electrons. The van der Waals surface area contributed by atoms with Crippen molar-refractivity contribution in [2.24, 2.45) is 0 Å². The van der Waals surface area contributed by atoms with E-state index in [0.717, 1.165) is 27.5 Å². The molecule has 20 heavy (non-hydrogen) atoms. The van der Waals surface area contributed by atoms with Crippen molar-refractivity contribution in [3.63, 3.8) is 0 Å². The molecule has 3 rings (SSSR count). The molecule has 0 saturated heterocycles. The van der Waals surface area contributed by atoms with Crippen LogP contribution >= 0.6 is 11.6 Å². The van der Waals surface area contributed by atoms with E-state index in [4.69, 9.17) is 11.6 Å². The molecule has 0 aliphatic heterocycles. The summed E-state index contributed by atoms with van der Waals surface area (Å²) < 4.78 is 0. The van der Waals surface area contributed by atoms with E-state index in [0.29, 0.717) is 5.02 Å². The standard InChI is InChI=1S/C18H15ClO/c1-12-9-10-13-5-2-3-8-16(13)17(12)18(20)14-6-4-7-15(19)11-14/h2-11,18,20H,1H3/t18-/m1/s1. The fourth-order valence-corrected chi connectivity index (χ4v) is 2.81. The molecule has 0 fully saturated rings. The number of aliphatic hydroxyl groups excluding tert-OH is 1. The van der Waals surface area contributed by atoms with Crippen molar-refractivity contribution < 1.29 is 5.11 Å². The van der Waals surface area contributed by atoms with Crippen LogP contribution < -0.4 is 0 Å². The summed E-state index contributed by atoms with van der Waals surface area (Å²) in [6, 6.07) is 19.6. The molecule has 1 N–H and O–H groups in total. The van der Waals surface area contributed by atoms with E-state index < -0.39 is 6.10 Å². The van der Waals surface area contributed by atoms with E-state index in [9.17, 15) is 5.11 Å². The molecule has 100 valence electrons. The van der Waals surface area contributed by atoms with Gasteiger partial charge in [0.15, 0.2) is 0 Å². The Labute approximate surface area is 123 Å². The Bertz CT molecular complexity index is 764. The highest BCUT2D eigenvalue weighted by molar-refractivity contribution is 6.30. The zero-order valence-electron chi connectivity index (χ0n) is 11.2. The minimum Gasteiger partial charge on any atom is -0.384 e. The minimum atomic E-state index is -0.667. The van der Waals surface area contributed by atoms with E-state index >= 15 is 0 Å². The maximum atomic E-state index is 10.7. The molecule has 0 spiro atoms. The van der Waals surface area contributed by atoms with Crippen molar-refractivity contribution in [2.45, 2.75) is 13.0 Å². The highest BCUT2D eigenvalue weighted by Crippen LogP contribution is 2.32. The maximum Gasteiger partial charge on any atom is 0.105 e. The third-order valence-electron chi connectivity index (χ3n) is 3.63. The average Bonchev–Trinajstić information content (AvgIpc) is 2.46. The van der Waals surface area contributed by atoms with Gasteiger partial charge in [0, 0.05) is 5.02 Å². The summed E-state index contributed by atoms with van der Waals surface area (Å²) in [5.41, 5.74) is 2.85. The Hall–Kier alpha value is -1.83. The van der Waals surface area contributed by atoms with Crippen LogP contribution in [0.25, 0.3) is 10.8 Å². The molecular formula is C18H15ClO. The van der Waals surface area contributed by atoms with Crippen LogP contribution in [0.1, 0.15) is 22.8 Å². The van der Waals surface area contributed by atoms with Gasteiger partial charge < -0.3 is 5.11 Å². The van der Waals surface area contributed by atoms with Crippen LogP contribution in [0.4, 0.5) is 0 Å². The number of aryl methyl sites for hydroxylation is 1. The highest BCUT2D eigenvalue weighted by Gasteiger charge is 2.16. The highest BCUT2D eigenvalue weighted by atomic mass is 35.5. The first-order chi connectivity index (χ1) is 9.66. The molecule has 3 aromatic carbocycles. The van der Waals surface area contributed by atoms with E-state index in [1.807, 2.05) is 55.5 Å². The number of benzene rings is 3. The van der Waals surface area contributed by atoms with E-state index in [2.05, 4.69) is 12.1 Å². The topological polar surface area (TPSA) is 20.2 Å². The van der Waals surface area contributed by atoms with Crippen LogP contribution in [0.2, 0.25) is 5.02 Å². The first kappa shape index (κ1) is 13.2. The zero-order chi connectivity index (χ0) is 14.1. The second-order valence-electron chi connectivity index (χ2n) is 4.97. The van der Waals surface area contributed by atoms with Gasteiger partial charge in [0.05, 0.1) is 0 Å². The van der Waals surface area contributed by atoms with Gasteiger partial charge >= 0.3 is 0 Å². The van der Waals surface area contributed by atoms with Crippen molar-refractivity contribution in [3.05, 3.63) is 82.4 Å². The molecule has 0 heterocycles. The van der Waals surface area contributed by atoms with Crippen molar-refractivity contribution in [1.29, 1.82) is 0 Å². The van der Waals surface area contributed by atoms with Gasteiger partial charge in [-0.15, -0.1) is 0 Å². The lowest BCUT2D eigenvalue weighted by molar-refractivity contribution is 0.221. The van der Waals surface area contributed by atoms with Crippen LogP contribution in [-0.2, 0) is 0 Å². The molecule has 2 heteroatoms. The maximum absolute atomic E-state index is 10.7. The molecule has 0 aliphatic carbocycles. The van der Waals surface area contributed by atoms with Crippen molar-refractivity contribution in [3.8, 4) is 0 Å². The Morgan fingerprint density at radius 1 is 0.950 bits per heavy atom. The number of fused-ring (bicyclic) bond motifs is 1. The average molecular weight is 283 g/mol. The Kier molecular flexibility index (Phi) is 3.47. The zero-order valence-corrected chi connectivity index (χ0v) is 11.9. The molecule has 1 atom stereocenters. The fourth-order valence-electron chi connectivity index (χ4n) is 2.61. The SMILES string of the molecule is Cc1ccc2ccccc2c1[C@H](O)c1cccc(Cl)c1. The van der Waals surface area contributed by atoms with Gasteiger partial charge in [0.2, 0.25) is 0 Å². The van der Waals surface area contributed by atoms with Crippen LogP contribution in [0.3, 0.4) is 0 Å². The molecule has 0 bridgehead atoms. The van der Waals surface area contributed by atoms with Crippen LogP contribution in [0.5, 0.6) is 0 Å². The Morgan fingerprint density at radius 3 is 2.55 bits per heavy atom. The number of aliphatic hydroxyl groups is 1. The van der Waals surface area contributed by atoms with Gasteiger partial charge in [-0.2, -0.15) is 0 Å². The van der Waals surface area contributed by atoms with Gasteiger partial charge in [-0.05, 0) is 46.5 Å². The molecule has 1 nitrogen and oxygen atoms in total. The smallest absolute Gasteiger partial charge is 0.105 e. The molecule has 3 aromatic rings. The van der Waals surface area contributed by atoms with Crippen molar-refractivity contribution in [2.75, 3.05) is 0 Å². The largest absolute Gasteiger partial charge is 0.384 e. The molecule has 0 aliphatic rings. The Morgan fingerprint density at radius 2 is 1.75 bits per heavy atom. The lowest BCUT2D eigenvalue weighted by atomic mass is 9.92. The van der Waals surface area contributed by atoms with Gasteiger partial charge in [-0.1, -0.05) is 60.1 Å². The monoisotopic (exact) mass is 282 g/mol. The first-order valence-electron chi connectivity index (χ1n) is 6.58. The summed E-state index contributed by atoms with van der Waals surface area (Å²) in [6.45, 7) is 2.02. The molecule has 0 amide bonds. The Balaban J connectivity index is 2.21.